The van der Waals surface area contributed by atoms with Gasteiger partial charge in [-0.05, 0) is 18.4 Å². The van der Waals surface area contributed by atoms with E-state index < -0.39 is 6.04 Å². The fourth-order valence-corrected chi connectivity index (χ4v) is 2.82. The van der Waals surface area contributed by atoms with Crippen molar-refractivity contribution in [3.8, 4) is 11.3 Å². The second kappa shape index (κ2) is 6.47. The minimum Gasteiger partial charge on any atom is -0.343 e. The topological polar surface area (TPSA) is 78.1 Å². The molecule has 24 heavy (non-hydrogen) atoms. The van der Waals surface area contributed by atoms with E-state index in [2.05, 4.69) is 15.3 Å². The molecule has 0 saturated carbocycles. The lowest BCUT2D eigenvalue weighted by molar-refractivity contribution is -0.146. The number of rotatable bonds is 4. The van der Waals surface area contributed by atoms with Crippen LogP contribution in [0, 0.1) is 12.8 Å². The van der Waals surface area contributed by atoms with Crippen LogP contribution in [0.3, 0.4) is 0 Å². The van der Waals surface area contributed by atoms with Gasteiger partial charge in [-0.1, -0.05) is 43.7 Å². The average Bonchev–Trinajstić information content (AvgIpc) is 2.99. The van der Waals surface area contributed by atoms with Crippen molar-refractivity contribution in [1.29, 1.82) is 0 Å². The Morgan fingerprint density at radius 2 is 1.96 bits per heavy atom. The lowest BCUT2D eigenvalue weighted by Crippen LogP contribution is -2.59. The zero-order valence-electron chi connectivity index (χ0n) is 14.2. The van der Waals surface area contributed by atoms with Crippen molar-refractivity contribution in [2.45, 2.75) is 33.4 Å². The van der Waals surface area contributed by atoms with Crippen molar-refractivity contribution in [2.75, 3.05) is 6.54 Å². The molecule has 1 saturated heterocycles. The summed E-state index contributed by atoms with van der Waals surface area (Å²) in [7, 11) is 0. The van der Waals surface area contributed by atoms with E-state index in [9.17, 15) is 9.59 Å². The molecular formula is C18H22N4O2. The summed E-state index contributed by atoms with van der Waals surface area (Å²) in [5, 5.41) is 2.76. The van der Waals surface area contributed by atoms with Gasteiger partial charge in [0.05, 0.1) is 18.4 Å². The molecule has 6 nitrogen and oxygen atoms in total. The van der Waals surface area contributed by atoms with Gasteiger partial charge in [0.2, 0.25) is 11.8 Å². The number of benzene rings is 1. The Labute approximate surface area is 141 Å². The number of aryl methyl sites for hydroxylation is 1. The van der Waals surface area contributed by atoms with Gasteiger partial charge in [0.25, 0.3) is 0 Å². The zero-order chi connectivity index (χ0) is 17.3. The summed E-state index contributed by atoms with van der Waals surface area (Å²) < 4.78 is 0. The van der Waals surface area contributed by atoms with E-state index in [1.807, 2.05) is 45.0 Å². The Balaban J connectivity index is 1.75. The number of piperazine rings is 1. The van der Waals surface area contributed by atoms with Crippen LogP contribution in [0.1, 0.15) is 25.2 Å². The van der Waals surface area contributed by atoms with Crippen LogP contribution in [-0.2, 0) is 16.1 Å². The number of H-pyrrole nitrogens is 1. The number of carbonyl (C=O) groups is 2. The van der Waals surface area contributed by atoms with Crippen LogP contribution in [-0.4, -0.2) is 39.3 Å². The van der Waals surface area contributed by atoms with Crippen LogP contribution in [0.25, 0.3) is 11.3 Å². The number of aromatic amines is 1. The molecule has 1 aromatic carbocycles. The first-order chi connectivity index (χ1) is 11.4. The maximum absolute atomic E-state index is 12.5. The van der Waals surface area contributed by atoms with Gasteiger partial charge in [-0.25, -0.2) is 4.98 Å². The molecule has 126 valence electrons. The predicted octanol–water partition coefficient (Wildman–Crippen LogP) is 1.87. The number of hydrogen-bond acceptors (Lipinski definition) is 3. The molecule has 6 heteroatoms. The van der Waals surface area contributed by atoms with E-state index in [0.717, 1.165) is 11.3 Å². The fraction of sp³-hybridized carbons (Fsp3) is 0.389. The highest BCUT2D eigenvalue weighted by Crippen LogP contribution is 2.19. The van der Waals surface area contributed by atoms with Crippen molar-refractivity contribution in [2.24, 2.45) is 5.92 Å². The second-order valence-corrected chi connectivity index (χ2v) is 6.59. The van der Waals surface area contributed by atoms with Gasteiger partial charge in [-0.15, -0.1) is 0 Å². The number of amides is 2. The first-order valence-electron chi connectivity index (χ1n) is 8.13. The minimum absolute atomic E-state index is 0.0575. The van der Waals surface area contributed by atoms with Crippen molar-refractivity contribution in [1.82, 2.24) is 20.2 Å². The Bertz CT molecular complexity index is 749. The van der Waals surface area contributed by atoms with Gasteiger partial charge in [0.1, 0.15) is 18.4 Å². The normalized spacial score (nSPS) is 18.2. The maximum Gasteiger partial charge on any atom is 0.246 e. The van der Waals surface area contributed by atoms with E-state index in [1.165, 1.54) is 5.56 Å². The molecule has 1 fully saturated rings. The van der Waals surface area contributed by atoms with E-state index in [4.69, 9.17) is 0 Å². The van der Waals surface area contributed by atoms with Crippen molar-refractivity contribution >= 4 is 11.8 Å². The van der Waals surface area contributed by atoms with E-state index >= 15 is 0 Å². The maximum atomic E-state index is 12.5. The molecule has 0 bridgehead atoms. The number of imidazole rings is 1. The smallest absolute Gasteiger partial charge is 0.246 e. The summed E-state index contributed by atoms with van der Waals surface area (Å²) in [6.45, 7) is 6.27. The van der Waals surface area contributed by atoms with E-state index in [1.54, 1.807) is 11.1 Å². The number of hydrogen-bond donors (Lipinski definition) is 2. The standard InChI is InChI=1S/C18H22N4O2/c1-11(2)17-18(24)22(10-16(23)21-17)9-15-19-8-14(20-15)13-6-4-12(3)5-7-13/h4-8,11,17H,9-10H2,1-3H3,(H,19,20)(H,21,23)/t17-/m0/s1. The molecular weight excluding hydrogens is 304 g/mol. The summed E-state index contributed by atoms with van der Waals surface area (Å²) in [4.78, 5) is 33.5. The molecule has 0 spiro atoms. The monoisotopic (exact) mass is 326 g/mol. The molecule has 0 aliphatic carbocycles. The third kappa shape index (κ3) is 3.32. The molecule has 2 heterocycles. The Kier molecular flexibility index (Phi) is 4.38. The molecule has 0 unspecified atom stereocenters. The summed E-state index contributed by atoms with van der Waals surface area (Å²) in [6, 6.07) is 7.68. The van der Waals surface area contributed by atoms with Gasteiger partial charge in [-0.2, -0.15) is 0 Å². The molecule has 0 radical (unpaired) electrons. The van der Waals surface area contributed by atoms with Gasteiger partial charge < -0.3 is 15.2 Å². The highest BCUT2D eigenvalue weighted by atomic mass is 16.2. The summed E-state index contributed by atoms with van der Waals surface area (Å²) in [6.07, 6.45) is 1.76. The van der Waals surface area contributed by atoms with Crippen LogP contribution in [0.15, 0.2) is 30.5 Å². The average molecular weight is 326 g/mol. The summed E-state index contributed by atoms with van der Waals surface area (Å²) in [5.41, 5.74) is 3.14. The predicted molar refractivity (Wildman–Crippen MR) is 90.9 cm³/mol. The van der Waals surface area contributed by atoms with Gasteiger partial charge in [0.15, 0.2) is 0 Å². The van der Waals surface area contributed by atoms with Crippen molar-refractivity contribution < 1.29 is 9.59 Å². The number of nitrogens with zero attached hydrogens (tertiary/aromatic N) is 2. The van der Waals surface area contributed by atoms with Crippen LogP contribution in [0.4, 0.5) is 0 Å². The molecule has 2 aromatic rings. The van der Waals surface area contributed by atoms with Gasteiger partial charge in [-0.3, -0.25) is 9.59 Å². The third-order valence-corrected chi connectivity index (χ3v) is 4.23. The SMILES string of the molecule is Cc1ccc(-c2cnc(CN3CC(=O)N[C@@H](C(C)C)C3=O)[nH]2)cc1. The minimum atomic E-state index is -0.460. The van der Waals surface area contributed by atoms with E-state index in [-0.39, 0.29) is 24.3 Å². The largest absolute Gasteiger partial charge is 0.343 e. The Morgan fingerprint density at radius 1 is 1.25 bits per heavy atom. The van der Waals surface area contributed by atoms with Gasteiger partial charge >= 0.3 is 0 Å². The number of nitrogens with one attached hydrogen (secondary N) is 2. The fourth-order valence-electron chi connectivity index (χ4n) is 2.82. The van der Waals surface area contributed by atoms with Crippen LogP contribution in [0.2, 0.25) is 0 Å². The molecule has 2 amide bonds. The lowest BCUT2D eigenvalue weighted by Gasteiger charge is -2.33. The molecule has 1 aliphatic heterocycles. The Morgan fingerprint density at radius 3 is 2.62 bits per heavy atom. The number of carbonyl (C=O) groups excluding carboxylic acids is 2. The van der Waals surface area contributed by atoms with E-state index in [0.29, 0.717) is 12.4 Å². The van der Waals surface area contributed by atoms with Crippen LogP contribution < -0.4 is 5.32 Å². The highest BCUT2D eigenvalue weighted by molar-refractivity contribution is 5.94. The molecule has 2 N–H and O–H groups in total. The Hall–Kier alpha value is -2.63. The molecule has 3 rings (SSSR count). The third-order valence-electron chi connectivity index (χ3n) is 4.23. The van der Waals surface area contributed by atoms with Crippen molar-refractivity contribution in [3.05, 3.63) is 41.9 Å². The summed E-state index contributed by atoms with van der Waals surface area (Å²) in [5.74, 6) is 0.552. The summed E-state index contributed by atoms with van der Waals surface area (Å²) >= 11 is 0. The quantitative estimate of drug-likeness (QED) is 0.900. The van der Waals surface area contributed by atoms with Crippen LogP contribution >= 0.6 is 0 Å². The highest BCUT2D eigenvalue weighted by Gasteiger charge is 2.34. The first-order valence-corrected chi connectivity index (χ1v) is 8.13. The molecule has 1 aromatic heterocycles. The van der Waals surface area contributed by atoms with Crippen molar-refractivity contribution in [3.63, 3.8) is 0 Å². The zero-order valence-corrected chi connectivity index (χ0v) is 14.2. The second-order valence-electron chi connectivity index (χ2n) is 6.59. The lowest BCUT2D eigenvalue weighted by atomic mass is 10.0. The van der Waals surface area contributed by atoms with Gasteiger partial charge in [0, 0.05) is 0 Å². The first kappa shape index (κ1) is 16.2. The molecule has 1 atom stereocenters. The number of aromatic nitrogens is 2. The van der Waals surface area contributed by atoms with Crippen LogP contribution in [0.5, 0.6) is 0 Å². The molecule has 1 aliphatic rings.